The van der Waals surface area contributed by atoms with Gasteiger partial charge < -0.3 is 4.52 Å². The van der Waals surface area contributed by atoms with E-state index in [-0.39, 0.29) is 11.4 Å². The Morgan fingerprint density at radius 3 is 2.72 bits per heavy atom. The highest BCUT2D eigenvalue weighted by Crippen LogP contribution is 2.24. The van der Waals surface area contributed by atoms with E-state index in [0.717, 1.165) is 10.9 Å². The Morgan fingerprint density at radius 1 is 1.17 bits per heavy atom. The van der Waals surface area contributed by atoms with Gasteiger partial charge in [-0.2, -0.15) is 4.98 Å². The first-order chi connectivity index (χ1) is 14.0. The first-order valence-corrected chi connectivity index (χ1v) is 10.7. The van der Waals surface area contributed by atoms with Crippen molar-refractivity contribution in [3.05, 3.63) is 69.0 Å². The molecule has 2 aromatic heterocycles. The SMILES string of the molecule is CCCn1c(SCc2nc(-c3ccc(F)cc3)no2)nc2ccc(Br)cc2c1=O. The fourth-order valence-electron chi connectivity index (χ4n) is 2.86. The second kappa shape index (κ2) is 8.46. The van der Waals surface area contributed by atoms with Crippen molar-refractivity contribution in [3.8, 4) is 11.4 Å². The van der Waals surface area contributed by atoms with E-state index >= 15 is 0 Å². The predicted octanol–water partition coefficient (Wildman–Crippen LogP) is 5.05. The maximum atomic E-state index is 13.1. The van der Waals surface area contributed by atoms with Gasteiger partial charge in [-0.05, 0) is 48.9 Å². The molecule has 0 bridgehead atoms. The molecule has 0 saturated heterocycles. The minimum Gasteiger partial charge on any atom is -0.338 e. The summed E-state index contributed by atoms with van der Waals surface area (Å²) in [4.78, 5) is 21.9. The number of nitrogens with zero attached hydrogens (tertiary/aromatic N) is 4. The van der Waals surface area contributed by atoms with Crippen LogP contribution in [0.3, 0.4) is 0 Å². The normalized spacial score (nSPS) is 11.3. The van der Waals surface area contributed by atoms with Gasteiger partial charge in [0.1, 0.15) is 5.82 Å². The lowest BCUT2D eigenvalue weighted by molar-refractivity contribution is 0.391. The molecule has 2 heterocycles. The molecule has 29 heavy (non-hydrogen) atoms. The largest absolute Gasteiger partial charge is 0.338 e. The van der Waals surface area contributed by atoms with Crippen molar-refractivity contribution in [2.24, 2.45) is 0 Å². The molecule has 0 unspecified atom stereocenters. The Bertz CT molecular complexity index is 1220. The van der Waals surface area contributed by atoms with Crippen LogP contribution in [-0.4, -0.2) is 19.7 Å². The van der Waals surface area contributed by atoms with Crippen LogP contribution in [0.4, 0.5) is 4.39 Å². The lowest BCUT2D eigenvalue weighted by Gasteiger charge is -2.11. The number of halogens is 2. The number of rotatable bonds is 6. The Balaban J connectivity index is 1.61. The highest BCUT2D eigenvalue weighted by Gasteiger charge is 2.14. The Hall–Kier alpha value is -2.52. The van der Waals surface area contributed by atoms with Crippen molar-refractivity contribution < 1.29 is 8.91 Å². The predicted molar refractivity (Wildman–Crippen MR) is 113 cm³/mol. The summed E-state index contributed by atoms with van der Waals surface area (Å²) in [6.07, 6.45) is 0.809. The maximum absolute atomic E-state index is 13.1. The van der Waals surface area contributed by atoms with Crippen LogP contribution in [-0.2, 0) is 12.3 Å². The molecule has 0 atom stereocenters. The van der Waals surface area contributed by atoms with Gasteiger partial charge in [-0.15, -0.1) is 0 Å². The summed E-state index contributed by atoms with van der Waals surface area (Å²) in [5, 5.41) is 5.13. The van der Waals surface area contributed by atoms with Gasteiger partial charge in [-0.1, -0.05) is 39.8 Å². The lowest BCUT2D eigenvalue weighted by atomic mass is 10.2. The topological polar surface area (TPSA) is 73.8 Å². The van der Waals surface area contributed by atoms with E-state index in [2.05, 4.69) is 31.1 Å². The molecule has 2 aromatic carbocycles. The summed E-state index contributed by atoms with van der Waals surface area (Å²) in [6, 6.07) is 11.4. The van der Waals surface area contributed by atoms with Crippen molar-refractivity contribution in [1.82, 2.24) is 19.7 Å². The molecule has 148 valence electrons. The minimum atomic E-state index is -0.323. The van der Waals surface area contributed by atoms with Crippen molar-refractivity contribution in [1.29, 1.82) is 0 Å². The van der Waals surface area contributed by atoms with Crippen LogP contribution in [0.25, 0.3) is 22.3 Å². The van der Waals surface area contributed by atoms with Crippen LogP contribution in [0.2, 0.25) is 0 Å². The van der Waals surface area contributed by atoms with Crippen LogP contribution in [0, 0.1) is 5.82 Å². The molecule has 6 nitrogen and oxygen atoms in total. The van der Waals surface area contributed by atoms with Gasteiger partial charge in [0.25, 0.3) is 5.56 Å². The van der Waals surface area contributed by atoms with Crippen LogP contribution in [0.1, 0.15) is 19.2 Å². The molecule has 0 N–H and O–H groups in total. The molecule has 0 saturated carbocycles. The standard InChI is InChI=1S/C20H16BrFN4O2S/c1-2-9-26-19(27)15-10-13(21)5-8-16(15)23-20(26)29-11-17-24-18(25-28-17)12-3-6-14(22)7-4-12/h3-8,10H,2,9,11H2,1H3. The second-order valence-electron chi connectivity index (χ2n) is 6.32. The average molecular weight is 475 g/mol. The van der Waals surface area contributed by atoms with Gasteiger partial charge in [0.05, 0.1) is 16.7 Å². The lowest BCUT2D eigenvalue weighted by Crippen LogP contribution is -2.23. The van der Waals surface area contributed by atoms with Gasteiger partial charge in [0.15, 0.2) is 5.16 Å². The molecule has 4 rings (SSSR count). The zero-order chi connectivity index (χ0) is 20.4. The third-order valence-electron chi connectivity index (χ3n) is 4.22. The quantitative estimate of drug-likeness (QED) is 0.287. The zero-order valence-electron chi connectivity index (χ0n) is 15.4. The third kappa shape index (κ3) is 4.25. The molecule has 9 heteroatoms. The van der Waals surface area contributed by atoms with Crippen molar-refractivity contribution in [2.45, 2.75) is 30.8 Å². The fraction of sp³-hybridized carbons (Fsp3) is 0.200. The Morgan fingerprint density at radius 2 is 1.97 bits per heavy atom. The molecule has 0 aliphatic heterocycles. The molecule has 0 spiro atoms. The van der Waals surface area contributed by atoms with Crippen LogP contribution in [0.5, 0.6) is 0 Å². The van der Waals surface area contributed by atoms with E-state index < -0.39 is 0 Å². The number of hydrogen-bond donors (Lipinski definition) is 0. The van der Waals surface area contributed by atoms with Crippen molar-refractivity contribution in [2.75, 3.05) is 0 Å². The van der Waals surface area contributed by atoms with E-state index in [1.54, 1.807) is 22.8 Å². The summed E-state index contributed by atoms with van der Waals surface area (Å²) in [6.45, 7) is 2.58. The molecular formula is C20H16BrFN4O2S. The van der Waals surface area contributed by atoms with Gasteiger partial charge in [0, 0.05) is 16.6 Å². The van der Waals surface area contributed by atoms with Crippen LogP contribution >= 0.6 is 27.7 Å². The summed E-state index contributed by atoms with van der Waals surface area (Å²) < 4.78 is 20.9. The number of fused-ring (bicyclic) bond motifs is 1. The van der Waals surface area contributed by atoms with Crippen molar-refractivity contribution >= 4 is 38.6 Å². The number of aromatic nitrogens is 4. The number of thioether (sulfide) groups is 1. The van der Waals surface area contributed by atoms with Crippen molar-refractivity contribution in [3.63, 3.8) is 0 Å². The zero-order valence-corrected chi connectivity index (χ0v) is 17.8. The Labute approximate surface area is 178 Å². The summed E-state index contributed by atoms with van der Waals surface area (Å²) in [7, 11) is 0. The third-order valence-corrected chi connectivity index (χ3v) is 5.68. The molecule has 0 fully saturated rings. The molecule has 0 amide bonds. The van der Waals surface area contributed by atoms with E-state index in [1.807, 2.05) is 19.1 Å². The maximum Gasteiger partial charge on any atom is 0.262 e. The van der Waals surface area contributed by atoms with E-state index in [9.17, 15) is 9.18 Å². The Kier molecular flexibility index (Phi) is 5.77. The van der Waals surface area contributed by atoms with Gasteiger partial charge in [-0.3, -0.25) is 9.36 Å². The highest BCUT2D eigenvalue weighted by atomic mass is 79.9. The first kappa shape index (κ1) is 19.8. The first-order valence-electron chi connectivity index (χ1n) is 8.96. The van der Waals surface area contributed by atoms with Gasteiger partial charge in [-0.25, -0.2) is 9.37 Å². The minimum absolute atomic E-state index is 0.0711. The molecule has 0 radical (unpaired) electrons. The van der Waals surface area contributed by atoms with E-state index in [0.29, 0.717) is 45.6 Å². The number of benzene rings is 2. The fourth-order valence-corrected chi connectivity index (χ4v) is 4.08. The number of hydrogen-bond acceptors (Lipinski definition) is 6. The van der Waals surface area contributed by atoms with Gasteiger partial charge in [0.2, 0.25) is 11.7 Å². The monoisotopic (exact) mass is 474 g/mol. The summed E-state index contributed by atoms with van der Waals surface area (Å²) in [5.41, 5.74) is 1.24. The van der Waals surface area contributed by atoms with E-state index in [4.69, 9.17) is 4.52 Å². The second-order valence-corrected chi connectivity index (χ2v) is 8.18. The van der Waals surface area contributed by atoms with Gasteiger partial charge >= 0.3 is 0 Å². The summed E-state index contributed by atoms with van der Waals surface area (Å²) >= 11 is 4.77. The highest BCUT2D eigenvalue weighted by molar-refractivity contribution is 9.10. The molecule has 0 aliphatic carbocycles. The average Bonchev–Trinajstić information content (AvgIpc) is 3.19. The van der Waals surface area contributed by atoms with Crippen LogP contribution in [0.15, 0.2) is 61.4 Å². The molecular weight excluding hydrogens is 459 g/mol. The molecule has 0 aliphatic rings. The summed E-state index contributed by atoms with van der Waals surface area (Å²) in [5.74, 6) is 0.841. The van der Waals surface area contributed by atoms with Crippen LogP contribution < -0.4 is 5.56 Å². The molecule has 4 aromatic rings. The smallest absolute Gasteiger partial charge is 0.262 e. The van der Waals surface area contributed by atoms with E-state index in [1.165, 1.54) is 23.9 Å².